The van der Waals surface area contributed by atoms with Gasteiger partial charge in [0.05, 0.1) is 46.6 Å². The Labute approximate surface area is 254 Å². The van der Waals surface area contributed by atoms with Crippen molar-refractivity contribution in [2.75, 3.05) is 11.9 Å². The zero-order valence-electron chi connectivity index (χ0n) is 26.0. The molecule has 0 amide bonds. The Morgan fingerprint density at radius 1 is 0.886 bits per heavy atom. The molecule has 1 unspecified atom stereocenters. The fourth-order valence-corrected chi connectivity index (χ4v) is 4.12. The SMILES string of the molecule is CCC(C)(C)C(C)OCc1cc(Nc2ccc(C(F)(F)F)cc2)c2ccc(C3=NCCC=C3C(F)(F)F)nc2n1.CCCC. The fourth-order valence-electron chi connectivity index (χ4n) is 4.12. The van der Waals surface area contributed by atoms with Gasteiger partial charge in [-0.2, -0.15) is 26.3 Å². The Morgan fingerprint density at radius 2 is 1.55 bits per heavy atom. The van der Waals surface area contributed by atoms with Crippen LogP contribution in [-0.4, -0.2) is 34.5 Å². The predicted octanol–water partition coefficient (Wildman–Crippen LogP) is 10.2. The number of rotatable bonds is 9. The zero-order valence-corrected chi connectivity index (χ0v) is 26.0. The molecule has 0 saturated carbocycles. The molecule has 2 aromatic heterocycles. The van der Waals surface area contributed by atoms with Crippen molar-refractivity contribution in [1.29, 1.82) is 0 Å². The highest BCUT2D eigenvalue weighted by atomic mass is 19.4. The third-order valence-corrected chi connectivity index (χ3v) is 7.76. The summed E-state index contributed by atoms with van der Waals surface area (Å²) in [7, 11) is 0. The Bertz CT molecular complexity index is 1460. The molecule has 3 aromatic rings. The topological polar surface area (TPSA) is 59.4 Å². The second kappa shape index (κ2) is 14.5. The molecule has 44 heavy (non-hydrogen) atoms. The van der Waals surface area contributed by atoms with E-state index in [1.807, 2.05) is 6.92 Å². The summed E-state index contributed by atoms with van der Waals surface area (Å²) in [6, 6.07) is 9.25. The highest BCUT2D eigenvalue weighted by molar-refractivity contribution is 6.13. The quantitative estimate of drug-likeness (QED) is 0.241. The number of halogens is 6. The number of hydrogen-bond acceptors (Lipinski definition) is 5. The van der Waals surface area contributed by atoms with Gasteiger partial charge in [-0.3, -0.25) is 4.99 Å². The van der Waals surface area contributed by atoms with Gasteiger partial charge in [-0.05, 0) is 67.6 Å². The molecule has 0 radical (unpaired) electrons. The maximum Gasteiger partial charge on any atom is 0.418 e. The lowest BCUT2D eigenvalue weighted by molar-refractivity contribution is -0.137. The van der Waals surface area contributed by atoms with Crippen molar-refractivity contribution >= 4 is 28.1 Å². The fraction of sp³-hybridized carbons (Fsp3) is 0.485. The van der Waals surface area contributed by atoms with Crippen LogP contribution in [-0.2, 0) is 17.5 Å². The lowest BCUT2D eigenvalue weighted by atomic mass is 9.85. The van der Waals surface area contributed by atoms with Crippen LogP contribution in [0.25, 0.3) is 11.0 Å². The molecule has 1 aromatic carbocycles. The number of anilines is 2. The van der Waals surface area contributed by atoms with Crippen LogP contribution in [0.1, 0.15) is 84.2 Å². The summed E-state index contributed by atoms with van der Waals surface area (Å²) in [5.74, 6) is 0. The Balaban J connectivity index is 0.00000124. The van der Waals surface area contributed by atoms with Gasteiger partial charge in [-0.15, -0.1) is 0 Å². The predicted molar refractivity (Wildman–Crippen MR) is 163 cm³/mol. The van der Waals surface area contributed by atoms with E-state index in [4.69, 9.17) is 4.74 Å². The smallest absolute Gasteiger partial charge is 0.372 e. The summed E-state index contributed by atoms with van der Waals surface area (Å²) < 4.78 is 86.2. The molecule has 4 rings (SSSR count). The highest BCUT2D eigenvalue weighted by Crippen LogP contribution is 2.34. The Kier molecular flexibility index (Phi) is 11.6. The van der Waals surface area contributed by atoms with Crippen LogP contribution in [0, 0.1) is 5.41 Å². The number of unbranched alkanes of at least 4 members (excludes halogenated alkanes) is 1. The van der Waals surface area contributed by atoms with Crippen LogP contribution in [0.4, 0.5) is 37.7 Å². The molecule has 1 aliphatic heterocycles. The first kappa shape index (κ1) is 35.0. The van der Waals surface area contributed by atoms with Gasteiger partial charge in [0.15, 0.2) is 5.65 Å². The number of ether oxygens (including phenoxy) is 1. The first-order chi connectivity index (χ1) is 20.6. The van der Waals surface area contributed by atoms with Gasteiger partial charge in [-0.1, -0.05) is 53.5 Å². The summed E-state index contributed by atoms with van der Waals surface area (Å²) in [6.07, 6.45) is -4.38. The van der Waals surface area contributed by atoms with Crippen molar-refractivity contribution in [3.63, 3.8) is 0 Å². The minimum absolute atomic E-state index is 0.0299. The third kappa shape index (κ3) is 9.03. The third-order valence-electron chi connectivity index (χ3n) is 7.76. The molecule has 1 aliphatic rings. The molecule has 0 bridgehead atoms. The van der Waals surface area contributed by atoms with Crippen molar-refractivity contribution in [3.05, 3.63) is 71.1 Å². The molecular formula is C33H40F6N4O. The molecule has 0 spiro atoms. The van der Waals surface area contributed by atoms with Crippen LogP contribution in [0.3, 0.4) is 0 Å². The number of alkyl halides is 6. The van der Waals surface area contributed by atoms with E-state index < -0.39 is 23.5 Å². The Hall–Kier alpha value is -3.47. The summed E-state index contributed by atoms with van der Waals surface area (Å²) in [5.41, 5.74) is -0.480. The molecule has 0 aliphatic carbocycles. The summed E-state index contributed by atoms with van der Waals surface area (Å²) in [4.78, 5) is 13.1. The Morgan fingerprint density at radius 3 is 2.11 bits per heavy atom. The molecule has 0 fully saturated rings. The standard InChI is InChI=1S/C29H30F6N4O.C4H10/c1-5-27(3,4)17(2)40-16-20-15-24(37-19-10-8-18(9-11-19)28(30,31)32)21-12-13-23(39-26(21)38-20)25-22(29(33,34)35)7-6-14-36-25;1-3-4-2/h7-13,15,17H,5-6,14,16H2,1-4H3,(H,37,38,39);3-4H2,1-2H3. The number of nitrogens with one attached hydrogen (secondary N) is 1. The molecule has 1 N–H and O–H groups in total. The number of aromatic nitrogens is 2. The second-order valence-corrected chi connectivity index (χ2v) is 11.4. The number of pyridine rings is 2. The van der Waals surface area contributed by atoms with Gasteiger partial charge >= 0.3 is 12.4 Å². The van der Waals surface area contributed by atoms with Crippen molar-refractivity contribution in [1.82, 2.24) is 9.97 Å². The van der Waals surface area contributed by atoms with Crippen molar-refractivity contribution < 1.29 is 31.1 Å². The minimum atomic E-state index is -4.59. The van der Waals surface area contributed by atoms with Crippen molar-refractivity contribution in [3.8, 4) is 0 Å². The van der Waals surface area contributed by atoms with Crippen LogP contribution >= 0.6 is 0 Å². The average Bonchev–Trinajstić information content (AvgIpc) is 2.99. The van der Waals surface area contributed by atoms with E-state index in [2.05, 4.69) is 54.9 Å². The average molecular weight is 623 g/mol. The van der Waals surface area contributed by atoms with Crippen LogP contribution in [0.5, 0.6) is 0 Å². The molecule has 3 heterocycles. The van der Waals surface area contributed by atoms with Gasteiger partial charge < -0.3 is 10.1 Å². The van der Waals surface area contributed by atoms with E-state index in [1.165, 1.54) is 31.0 Å². The molecule has 240 valence electrons. The molecule has 5 nitrogen and oxygen atoms in total. The van der Waals surface area contributed by atoms with Crippen molar-refractivity contribution in [2.24, 2.45) is 10.4 Å². The number of dihydropyridines is 1. The maximum atomic E-state index is 13.7. The van der Waals surface area contributed by atoms with Crippen LogP contribution in [0.2, 0.25) is 0 Å². The summed E-state index contributed by atoms with van der Waals surface area (Å²) in [5, 5.41) is 3.58. The zero-order chi connectivity index (χ0) is 32.7. The number of nitrogens with zero attached hydrogens (tertiary/aromatic N) is 3. The van der Waals surface area contributed by atoms with E-state index >= 15 is 0 Å². The van der Waals surface area contributed by atoms with E-state index in [9.17, 15) is 26.3 Å². The van der Waals surface area contributed by atoms with Gasteiger partial charge in [0.25, 0.3) is 0 Å². The number of benzene rings is 1. The summed E-state index contributed by atoms with van der Waals surface area (Å²) in [6.45, 7) is 12.8. The van der Waals surface area contributed by atoms with E-state index in [1.54, 1.807) is 12.1 Å². The normalized spacial score (nSPS) is 14.8. The molecule has 0 saturated heterocycles. The lowest BCUT2D eigenvalue weighted by Crippen LogP contribution is -2.28. The monoisotopic (exact) mass is 622 g/mol. The second-order valence-electron chi connectivity index (χ2n) is 11.4. The number of allylic oxidation sites excluding steroid dienone is 1. The van der Waals surface area contributed by atoms with Gasteiger partial charge in [-0.25, -0.2) is 9.97 Å². The molecule has 11 heteroatoms. The van der Waals surface area contributed by atoms with E-state index in [0.29, 0.717) is 22.5 Å². The minimum Gasteiger partial charge on any atom is -0.372 e. The number of fused-ring (bicyclic) bond motifs is 1. The lowest BCUT2D eigenvalue weighted by Gasteiger charge is -2.30. The van der Waals surface area contributed by atoms with Crippen molar-refractivity contribution in [2.45, 2.75) is 92.3 Å². The highest BCUT2D eigenvalue weighted by Gasteiger charge is 2.38. The van der Waals surface area contributed by atoms with E-state index in [0.717, 1.165) is 24.6 Å². The van der Waals surface area contributed by atoms with Crippen LogP contribution < -0.4 is 5.32 Å². The molecular weight excluding hydrogens is 582 g/mol. The number of aliphatic imine (C=N–C) groups is 1. The van der Waals surface area contributed by atoms with E-state index in [-0.39, 0.29) is 48.1 Å². The molecule has 1 atom stereocenters. The maximum absolute atomic E-state index is 13.7. The largest absolute Gasteiger partial charge is 0.418 e. The first-order valence-electron chi connectivity index (χ1n) is 14.8. The van der Waals surface area contributed by atoms with Gasteiger partial charge in [0.1, 0.15) is 0 Å². The number of hydrogen-bond donors (Lipinski definition) is 1. The summed E-state index contributed by atoms with van der Waals surface area (Å²) >= 11 is 0. The van der Waals surface area contributed by atoms with Gasteiger partial charge in [0.2, 0.25) is 0 Å². The van der Waals surface area contributed by atoms with Gasteiger partial charge in [0, 0.05) is 17.6 Å². The first-order valence-corrected chi connectivity index (χ1v) is 14.8. The van der Waals surface area contributed by atoms with Crippen LogP contribution in [0.15, 0.2) is 59.1 Å².